The number of nitrogens with one attached hydrogen (secondary N) is 1. The van der Waals surface area contributed by atoms with Crippen molar-refractivity contribution < 1.29 is 14.3 Å². The van der Waals surface area contributed by atoms with Crippen LogP contribution < -0.4 is 20.5 Å². The predicted octanol–water partition coefficient (Wildman–Crippen LogP) is 2.98. The number of hydrogen-bond acceptors (Lipinski definition) is 4. The summed E-state index contributed by atoms with van der Waals surface area (Å²) < 4.78 is 10.4. The molecule has 1 atom stereocenters. The molecule has 0 fully saturated rings. The van der Waals surface area contributed by atoms with Crippen molar-refractivity contribution in [3.63, 3.8) is 0 Å². The number of carbonyl (C=O) groups excluding carboxylic acids is 1. The van der Waals surface area contributed by atoms with Gasteiger partial charge in [0.2, 0.25) is 0 Å². The zero-order chi connectivity index (χ0) is 16.1. The number of anilines is 1. The molecule has 5 heteroatoms. The van der Waals surface area contributed by atoms with E-state index in [0.717, 1.165) is 5.56 Å². The molecule has 22 heavy (non-hydrogen) atoms. The minimum Gasteiger partial charge on any atom is -0.497 e. The van der Waals surface area contributed by atoms with Gasteiger partial charge in [0, 0.05) is 17.8 Å². The molecule has 2 aromatic rings. The quantitative estimate of drug-likeness (QED) is 0.890. The summed E-state index contributed by atoms with van der Waals surface area (Å²) in [6.45, 7) is 1.91. The molecule has 0 saturated heterocycles. The third kappa shape index (κ3) is 3.56. The molecule has 0 aromatic heterocycles. The van der Waals surface area contributed by atoms with Gasteiger partial charge in [-0.15, -0.1) is 0 Å². The van der Waals surface area contributed by atoms with Gasteiger partial charge in [0.1, 0.15) is 11.5 Å². The number of nitrogens with two attached hydrogens (primary N) is 1. The zero-order valence-corrected chi connectivity index (χ0v) is 12.9. The summed E-state index contributed by atoms with van der Waals surface area (Å²) in [5, 5.41) is 2.84. The van der Waals surface area contributed by atoms with Gasteiger partial charge in [-0.1, -0.05) is 12.1 Å². The summed E-state index contributed by atoms with van der Waals surface area (Å²) in [5.41, 5.74) is 7.96. The maximum Gasteiger partial charge on any atom is 0.259 e. The van der Waals surface area contributed by atoms with E-state index in [0.29, 0.717) is 22.7 Å². The molecule has 5 nitrogen and oxygen atoms in total. The minimum atomic E-state index is -0.243. The van der Waals surface area contributed by atoms with Crippen LogP contribution in [0.15, 0.2) is 42.5 Å². The smallest absolute Gasteiger partial charge is 0.259 e. The molecule has 1 amide bonds. The summed E-state index contributed by atoms with van der Waals surface area (Å²) in [6, 6.07) is 12.5. The lowest BCUT2D eigenvalue weighted by atomic mass is 10.1. The molecule has 116 valence electrons. The van der Waals surface area contributed by atoms with Crippen LogP contribution in [0.5, 0.6) is 11.5 Å². The molecule has 2 aromatic carbocycles. The fourth-order valence-corrected chi connectivity index (χ4v) is 2.05. The number of amides is 1. The lowest BCUT2D eigenvalue weighted by Crippen LogP contribution is -2.13. The Balaban J connectivity index is 2.18. The Morgan fingerprint density at radius 2 is 1.77 bits per heavy atom. The number of carbonyl (C=O) groups is 1. The first kappa shape index (κ1) is 15.9. The SMILES string of the molecule is COc1ccc(C(=O)Nc2ccc(C(C)N)cc2)c(OC)c1. The number of rotatable bonds is 5. The Bertz CT molecular complexity index is 651. The van der Waals surface area contributed by atoms with E-state index < -0.39 is 0 Å². The number of hydrogen-bond donors (Lipinski definition) is 2. The predicted molar refractivity (Wildman–Crippen MR) is 86.5 cm³/mol. The summed E-state index contributed by atoms with van der Waals surface area (Å²) in [7, 11) is 3.08. The Morgan fingerprint density at radius 3 is 2.32 bits per heavy atom. The highest BCUT2D eigenvalue weighted by Crippen LogP contribution is 2.25. The van der Waals surface area contributed by atoms with Crippen LogP contribution in [0.2, 0.25) is 0 Å². The van der Waals surface area contributed by atoms with Crippen molar-refractivity contribution in [3.8, 4) is 11.5 Å². The summed E-state index contributed by atoms with van der Waals surface area (Å²) in [4.78, 5) is 12.4. The fraction of sp³-hybridized carbons (Fsp3) is 0.235. The molecular weight excluding hydrogens is 280 g/mol. The molecule has 0 saturated carbocycles. The Morgan fingerprint density at radius 1 is 1.09 bits per heavy atom. The second-order valence-electron chi connectivity index (χ2n) is 4.93. The van der Waals surface area contributed by atoms with E-state index in [-0.39, 0.29) is 11.9 Å². The van der Waals surface area contributed by atoms with Crippen LogP contribution in [0.4, 0.5) is 5.69 Å². The first-order chi connectivity index (χ1) is 10.5. The molecule has 3 N–H and O–H groups in total. The van der Waals surface area contributed by atoms with Crippen molar-refractivity contribution in [1.82, 2.24) is 0 Å². The summed E-state index contributed by atoms with van der Waals surface area (Å²) >= 11 is 0. The van der Waals surface area contributed by atoms with Gasteiger partial charge in [0.05, 0.1) is 19.8 Å². The van der Waals surface area contributed by atoms with Gasteiger partial charge >= 0.3 is 0 Å². The average Bonchev–Trinajstić information content (AvgIpc) is 2.54. The standard InChI is InChI=1S/C17H20N2O3/c1-11(18)12-4-6-13(7-5-12)19-17(20)15-9-8-14(21-2)10-16(15)22-3/h4-11H,18H2,1-3H3,(H,19,20). The number of ether oxygens (including phenoxy) is 2. The largest absolute Gasteiger partial charge is 0.497 e. The van der Waals surface area contributed by atoms with Gasteiger partial charge in [0.25, 0.3) is 5.91 Å². The molecule has 0 heterocycles. The second-order valence-corrected chi connectivity index (χ2v) is 4.93. The van der Waals surface area contributed by atoms with E-state index in [1.165, 1.54) is 7.11 Å². The van der Waals surface area contributed by atoms with Crippen LogP contribution in [0.25, 0.3) is 0 Å². The van der Waals surface area contributed by atoms with Gasteiger partial charge in [-0.05, 0) is 36.8 Å². The Hall–Kier alpha value is -2.53. The topological polar surface area (TPSA) is 73.6 Å². The van der Waals surface area contributed by atoms with Gasteiger partial charge < -0.3 is 20.5 Å². The molecule has 1 unspecified atom stereocenters. The fourth-order valence-electron chi connectivity index (χ4n) is 2.05. The lowest BCUT2D eigenvalue weighted by molar-refractivity contribution is 0.102. The molecule has 0 aliphatic rings. The van der Waals surface area contributed by atoms with Crippen molar-refractivity contribution >= 4 is 11.6 Å². The van der Waals surface area contributed by atoms with E-state index in [1.807, 2.05) is 31.2 Å². The lowest BCUT2D eigenvalue weighted by Gasteiger charge is -2.11. The van der Waals surface area contributed by atoms with E-state index >= 15 is 0 Å². The normalized spacial score (nSPS) is 11.6. The Labute approximate surface area is 130 Å². The molecular formula is C17H20N2O3. The third-order valence-electron chi connectivity index (χ3n) is 3.35. The van der Waals surface area contributed by atoms with Crippen molar-refractivity contribution in [2.45, 2.75) is 13.0 Å². The highest BCUT2D eigenvalue weighted by molar-refractivity contribution is 6.06. The van der Waals surface area contributed by atoms with Crippen molar-refractivity contribution in [2.24, 2.45) is 5.73 Å². The first-order valence-electron chi connectivity index (χ1n) is 6.94. The van der Waals surface area contributed by atoms with E-state index in [1.54, 1.807) is 25.3 Å². The second kappa shape index (κ2) is 6.95. The van der Waals surface area contributed by atoms with Crippen molar-refractivity contribution in [2.75, 3.05) is 19.5 Å². The summed E-state index contributed by atoms with van der Waals surface area (Å²) in [5.74, 6) is 0.854. The molecule has 2 rings (SSSR count). The number of benzene rings is 2. The monoisotopic (exact) mass is 300 g/mol. The molecule has 0 bridgehead atoms. The van der Waals surface area contributed by atoms with Gasteiger partial charge in [-0.2, -0.15) is 0 Å². The van der Waals surface area contributed by atoms with Crippen LogP contribution in [0, 0.1) is 0 Å². The van der Waals surface area contributed by atoms with E-state index in [4.69, 9.17) is 15.2 Å². The van der Waals surface area contributed by atoms with E-state index in [2.05, 4.69) is 5.32 Å². The highest BCUT2D eigenvalue weighted by atomic mass is 16.5. The van der Waals surface area contributed by atoms with E-state index in [9.17, 15) is 4.79 Å². The van der Waals surface area contributed by atoms with Gasteiger partial charge in [-0.25, -0.2) is 0 Å². The molecule has 0 radical (unpaired) electrons. The van der Waals surface area contributed by atoms with Crippen LogP contribution in [0.1, 0.15) is 28.9 Å². The van der Waals surface area contributed by atoms with Crippen molar-refractivity contribution in [3.05, 3.63) is 53.6 Å². The maximum atomic E-state index is 12.4. The zero-order valence-electron chi connectivity index (χ0n) is 12.9. The van der Waals surface area contributed by atoms with Crippen LogP contribution in [-0.2, 0) is 0 Å². The summed E-state index contributed by atoms with van der Waals surface area (Å²) in [6.07, 6.45) is 0. The van der Waals surface area contributed by atoms with Gasteiger partial charge in [0.15, 0.2) is 0 Å². The first-order valence-corrected chi connectivity index (χ1v) is 6.94. The van der Waals surface area contributed by atoms with Crippen LogP contribution in [0.3, 0.4) is 0 Å². The highest BCUT2D eigenvalue weighted by Gasteiger charge is 2.13. The molecule has 0 aliphatic carbocycles. The molecule has 0 aliphatic heterocycles. The number of methoxy groups -OCH3 is 2. The van der Waals surface area contributed by atoms with Gasteiger partial charge in [-0.3, -0.25) is 4.79 Å². The van der Waals surface area contributed by atoms with Crippen molar-refractivity contribution in [1.29, 1.82) is 0 Å². The maximum absolute atomic E-state index is 12.4. The Kier molecular flexibility index (Phi) is 5.01. The van der Waals surface area contributed by atoms with Crippen LogP contribution >= 0.6 is 0 Å². The molecule has 0 spiro atoms. The minimum absolute atomic E-state index is 0.0357. The average molecular weight is 300 g/mol. The van der Waals surface area contributed by atoms with Crippen LogP contribution in [-0.4, -0.2) is 20.1 Å². The third-order valence-corrected chi connectivity index (χ3v) is 3.35.